The predicted octanol–water partition coefficient (Wildman–Crippen LogP) is 2.24. The zero-order chi connectivity index (χ0) is 25.9. The number of carboxylic acid groups (broad SMARTS) is 1. The standard InChI is InChI=1S/C26H33N7O3/c1-26(30-16-23(34)35,25(36)33-12-4-5-13-33)18-8-11-21-20(14-18)31-22(32(21)3)15-29-19-9-6-17(7-10-19)24(27)28-2/h6-11,14,29-30H,4-5,12-13,15-16H2,1-3H3,(H2,27,28)(H,34,35)/t26-/m1/s1. The molecular weight excluding hydrogens is 458 g/mol. The van der Waals surface area contributed by atoms with Crippen LogP contribution < -0.4 is 16.0 Å². The Balaban J connectivity index is 1.58. The topological polar surface area (TPSA) is 135 Å². The Bertz CT molecular complexity index is 1280. The van der Waals surface area contributed by atoms with Crippen molar-refractivity contribution in [1.29, 1.82) is 5.41 Å². The van der Waals surface area contributed by atoms with E-state index in [0.29, 0.717) is 31.0 Å². The molecule has 1 aliphatic rings. The second-order valence-electron chi connectivity index (χ2n) is 9.22. The number of hydrogen-bond donors (Lipinski definition) is 5. The molecule has 0 unspecified atom stereocenters. The van der Waals surface area contributed by atoms with Gasteiger partial charge in [-0.1, -0.05) is 6.07 Å². The first-order valence-corrected chi connectivity index (χ1v) is 12.1. The fraction of sp³-hybridized carbons (Fsp3) is 0.385. The zero-order valence-corrected chi connectivity index (χ0v) is 20.9. The van der Waals surface area contributed by atoms with E-state index in [0.717, 1.165) is 41.0 Å². The first kappa shape index (κ1) is 25.2. The summed E-state index contributed by atoms with van der Waals surface area (Å²) in [5, 5.41) is 26.3. The van der Waals surface area contributed by atoms with Crippen LogP contribution in [-0.2, 0) is 28.7 Å². The SMILES string of the molecule is CNC(=N)c1ccc(NCc2nc3cc([C@@](C)(NCC(=O)O)C(=O)N4CCCC4)ccc3n2C)cc1. The highest BCUT2D eigenvalue weighted by molar-refractivity contribution is 5.96. The van der Waals surface area contributed by atoms with Crippen LogP contribution in [0, 0.1) is 5.41 Å². The minimum absolute atomic E-state index is 0.117. The molecule has 10 heteroatoms. The number of carbonyl (C=O) groups excluding carboxylic acids is 1. The van der Waals surface area contributed by atoms with Crippen LogP contribution in [0.5, 0.6) is 0 Å². The molecule has 2 aromatic carbocycles. The number of carbonyl (C=O) groups is 2. The van der Waals surface area contributed by atoms with Gasteiger partial charge in [0, 0.05) is 38.4 Å². The Morgan fingerprint density at radius 2 is 1.83 bits per heavy atom. The number of imidazole rings is 1. The van der Waals surface area contributed by atoms with Crippen molar-refractivity contribution in [1.82, 2.24) is 25.1 Å². The molecule has 3 aromatic rings. The molecule has 36 heavy (non-hydrogen) atoms. The minimum Gasteiger partial charge on any atom is -0.480 e. The third kappa shape index (κ3) is 5.03. The second kappa shape index (κ2) is 10.4. The van der Waals surface area contributed by atoms with Crippen LogP contribution in [0.4, 0.5) is 5.69 Å². The number of amides is 1. The smallest absolute Gasteiger partial charge is 0.317 e. The molecule has 2 heterocycles. The van der Waals surface area contributed by atoms with Gasteiger partial charge in [-0.05, 0) is 61.7 Å². The summed E-state index contributed by atoms with van der Waals surface area (Å²) in [5.41, 5.74) is 2.90. The first-order valence-electron chi connectivity index (χ1n) is 12.1. The Morgan fingerprint density at radius 3 is 2.47 bits per heavy atom. The van der Waals surface area contributed by atoms with Gasteiger partial charge in [-0.2, -0.15) is 0 Å². The van der Waals surface area contributed by atoms with Crippen molar-refractivity contribution in [2.75, 3.05) is 32.0 Å². The maximum Gasteiger partial charge on any atom is 0.317 e. The van der Waals surface area contributed by atoms with Crippen LogP contribution in [-0.4, -0.2) is 64.0 Å². The van der Waals surface area contributed by atoms with Crippen molar-refractivity contribution in [3.05, 3.63) is 59.4 Å². The van der Waals surface area contributed by atoms with Crippen molar-refractivity contribution >= 4 is 34.4 Å². The molecule has 4 rings (SSSR count). The lowest BCUT2D eigenvalue weighted by Gasteiger charge is -2.33. The van der Waals surface area contributed by atoms with E-state index in [2.05, 4.69) is 16.0 Å². The summed E-state index contributed by atoms with van der Waals surface area (Å²) in [5.74, 6) is 0.0489. The molecule has 0 aliphatic carbocycles. The van der Waals surface area contributed by atoms with Crippen LogP contribution in [0.15, 0.2) is 42.5 Å². The summed E-state index contributed by atoms with van der Waals surface area (Å²) in [7, 11) is 3.67. The Kier molecular flexibility index (Phi) is 7.25. The number of amidine groups is 1. The number of aryl methyl sites for hydroxylation is 1. The molecule has 1 amide bonds. The van der Waals surface area contributed by atoms with E-state index in [1.165, 1.54) is 0 Å². The van der Waals surface area contributed by atoms with Crippen LogP contribution >= 0.6 is 0 Å². The second-order valence-corrected chi connectivity index (χ2v) is 9.22. The van der Waals surface area contributed by atoms with Crippen molar-refractivity contribution in [2.45, 2.75) is 31.8 Å². The largest absolute Gasteiger partial charge is 0.480 e. The molecule has 10 nitrogen and oxygen atoms in total. The highest BCUT2D eigenvalue weighted by atomic mass is 16.4. The van der Waals surface area contributed by atoms with E-state index in [-0.39, 0.29) is 12.5 Å². The normalized spacial score (nSPS) is 15.0. The van der Waals surface area contributed by atoms with E-state index < -0.39 is 11.5 Å². The van der Waals surface area contributed by atoms with Gasteiger partial charge in [0.25, 0.3) is 0 Å². The molecule has 1 aliphatic heterocycles. The molecule has 1 aromatic heterocycles. The number of aliphatic carboxylic acids is 1. The highest BCUT2D eigenvalue weighted by Gasteiger charge is 2.39. The molecule has 0 spiro atoms. The zero-order valence-electron chi connectivity index (χ0n) is 20.9. The third-order valence-electron chi connectivity index (χ3n) is 6.84. The van der Waals surface area contributed by atoms with Gasteiger partial charge in [-0.15, -0.1) is 0 Å². The Labute approximate surface area is 210 Å². The average molecular weight is 492 g/mol. The number of nitrogens with one attached hydrogen (secondary N) is 4. The van der Waals surface area contributed by atoms with Crippen molar-refractivity contribution < 1.29 is 14.7 Å². The summed E-state index contributed by atoms with van der Waals surface area (Å²) in [6.07, 6.45) is 1.91. The van der Waals surface area contributed by atoms with Gasteiger partial charge in [0.1, 0.15) is 17.2 Å². The summed E-state index contributed by atoms with van der Waals surface area (Å²) in [6.45, 7) is 3.28. The maximum atomic E-state index is 13.5. The van der Waals surface area contributed by atoms with Crippen LogP contribution in [0.2, 0.25) is 0 Å². The first-order chi connectivity index (χ1) is 17.2. The number of anilines is 1. The van der Waals surface area contributed by atoms with Gasteiger partial charge in [-0.3, -0.25) is 20.3 Å². The molecule has 1 fully saturated rings. The van der Waals surface area contributed by atoms with Gasteiger partial charge in [-0.25, -0.2) is 4.98 Å². The van der Waals surface area contributed by atoms with Crippen molar-refractivity contribution in [3.8, 4) is 0 Å². The molecule has 190 valence electrons. The molecule has 1 atom stereocenters. The van der Waals surface area contributed by atoms with Crippen LogP contribution in [0.25, 0.3) is 11.0 Å². The Hall–Kier alpha value is -3.92. The van der Waals surface area contributed by atoms with E-state index in [9.17, 15) is 14.7 Å². The molecule has 5 N–H and O–H groups in total. The van der Waals surface area contributed by atoms with E-state index in [1.807, 2.05) is 54.1 Å². The monoisotopic (exact) mass is 491 g/mol. The average Bonchev–Trinajstić information content (AvgIpc) is 3.53. The predicted molar refractivity (Wildman–Crippen MR) is 139 cm³/mol. The summed E-state index contributed by atoms with van der Waals surface area (Å²) < 4.78 is 2.00. The number of aromatic nitrogens is 2. The van der Waals surface area contributed by atoms with Crippen molar-refractivity contribution in [2.24, 2.45) is 7.05 Å². The van der Waals surface area contributed by atoms with E-state index in [1.54, 1.807) is 18.9 Å². The molecule has 0 saturated carbocycles. The van der Waals surface area contributed by atoms with Crippen LogP contribution in [0.1, 0.15) is 36.7 Å². The number of nitrogens with zero attached hydrogens (tertiary/aromatic N) is 3. The van der Waals surface area contributed by atoms with Gasteiger partial charge in [0.15, 0.2) is 0 Å². The lowest BCUT2D eigenvalue weighted by Crippen LogP contribution is -2.54. The lowest BCUT2D eigenvalue weighted by molar-refractivity contribution is -0.139. The van der Waals surface area contributed by atoms with Gasteiger partial charge >= 0.3 is 5.97 Å². The third-order valence-corrected chi connectivity index (χ3v) is 6.84. The number of hydrogen-bond acceptors (Lipinski definition) is 6. The molecule has 1 saturated heterocycles. The number of benzene rings is 2. The number of likely N-dealkylation sites (tertiary alicyclic amines) is 1. The lowest BCUT2D eigenvalue weighted by atomic mass is 9.89. The quantitative estimate of drug-likeness (QED) is 0.229. The molecule has 0 radical (unpaired) electrons. The van der Waals surface area contributed by atoms with Gasteiger partial charge < -0.3 is 25.2 Å². The number of rotatable bonds is 9. The van der Waals surface area contributed by atoms with E-state index in [4.69, 9.17) is 10.4 Å². The summed E-state index contributed by atoms with van der Waals surface area (Å²) in [6, 6.07) is 13.3. The Morgan fingerprint density at radius 1 is 1.14 bits per heavy atom. The van der Waals surface area contributed by atoms with Gasteiger partial charge in [0.2, 0.25) is 5.91 Å². The molecular formula is C26H33N7O3. The number of fused-ring (bicyclic) bond motifs is 1. The van der Waals surface area contributed by atoms with Gasteiger partial charge in [0.05, 0.1) is 24.1 Å². The maximum absolute atomic E-state index is 13.5. The van der Waals surface area contributed by atoms with E-state index >= 15 is 0 Å². The van der Waals surface area contributed by atoms with Crippen molar-refractivity contribution in [3.63, 3.8) is 0 Å². The summed E-state index contributed by atoms with van der Waals surface area (Å²) in [4.78, 5) is 31.4. The van der Waals surface area contributed by atoms with Crippen LogP contribution in [0.3, 0.4) is 0 Å². The highest BCUT2D eigenvalue weighted by Crippen LogP contribution is 2.29. The minimum atomic E-state index is -1.17. The summed E-state index contributed by atoms with van der Waals surface area (Å²) >= 11 is 0. The number of carboxylic acids is 1. The fourth-order valence-electron chi connectivity index (χ4n) is 4.59. The fourth-order valence-corrected chi connectivity index (χ4v) is 4.59. The molecule has 0 bridgehead atoms.